The summed E-state index contributed by atoms with van der Waals surface area (Å²) in [6.45, 7) is 9.37. The van der Waals surface area contributed by atoms with Crippen LogP contribution in [0.5, 0.6) is 0 Å². The summed E-state index contributed by atoms with van der Waals surface area (Å²) in [4.78, 5) is 68.1. The van der Waals surface area contributed by atoms with Crippen molar-refractivity contribution in [3.05, 3.63) is 98.4 Å². The van der Waals surface area contributed by atoms with Crippen molar-refractivity contribution < 1.29 is 47.6 Å². The van der Waals surface area contributed by atoms with E-state index in [1.54, 1.807) is 44.2 Å². The van der Waals surface area contributed by atoms with Crippen LogP contribution in [0.15, 0.2) is 91.8 Å². The number of ether oxygens (including phenoxy) is 4. The average Bonchev–Trinajstić information content (AvgIpc) is 3.24. The maximum absolute atomic E-state index is 14.1. The van der Waals surface area contributed by atoms with Crippen LogP contribution in [-0.4, -0.2) is 93.6 Å². The summed E-state index contributed by atoms with van der Waals surface area (Å²) in [6, 6.07) is 6.82. The van der Waals surface area contributed by atoms with Crippen molar-refractivity contribution in [3.8, 4) is 11.8 Å². The number of nitrogens with zero attached hydrogens (tertiary/aromatic N) is 1. The van der Waals surface area contributed by atoms with Crippen molar-refractivity contribution >= 4 is 40.4 Å². The minimum Gasteiger partial charge on any atom is -0.439 e. The summed E-state index contributed by atoms with van der Waals surface area (Å²) < 4.78 is 28.4. The standard InChI is InChI=1S/C47H57N3O11/c1-28-23-35-33(16-10-8-7-9-14-32-15-12-17-34-38(52)27-41(60-45(32)34)50-19-21-59-22-20-50)37(51)26-36(43(35)54)49-46(55)29(2)13-11-18-39(57-5)44(61-47(48)56)31(4)25-30(3)42(53)40(24-28)58-6/h11-13,15,17-18,25-28,30,39-40,42,44,53H,7-8,10,16,19-24H2,1-6H3,(H2,48,56)(H,49,55)/b18-11-,29-13+,31-25+/t28-,30+,39+,40+,42-,44+/m1/s1. The molecule has 326 valence electrons. The molecule has 1 fully saturated rings. The quantitative estimate of drug-likeness (QED) is 0.133. The molecule has 0 unspecified atom stereocenters. The van der Waals surface area contributed by atoms with Crippen molar-refractivity contribution in [1.82, 2.24) is 5.32 Å². The summed E-state index contributed by atoms with van der Waals surface area (Å²) >= 11 is 0. The fourth-order valence-corrected chi connectivity index (χ4v) is 7.79. The van der Waals surface area contributed by atoms with E-state index in [1.165, 1.54) is 32.4 Å². The van der Waals surface area contributed by atoms with Gasteiger partial charge in [-0.25, -0.2) is 4.79 Å². The maximum atomic E-state index is 14.1. The number of morpholine rings is 1. The zero-order valence-corrected chi connectivity index (χ0v) is 35.8. The molecule has 1 aromatic heterocycles. The molecule has 2 amide bonds. The molecule has 6 atom stereocenters. The Balaban J connectivity index is 1.37. The molecule has 3 aliphatic rings. The molecule has 14 heteroatoms. The SMILES string of the molecule is CO[C@H]1/C=C\C=C(/C)C(=O)NC2=CC(=O)C(CCCCC#Cc3cccc4c(=O)cc(N5CCOCC5)oc34)=C(C[C@@H](C)C[C@H](OC)[C@H](O)[C@@H](C)/C=C(\C)[C@@H]1OC(N)=O)C2=O. The number of amides is 2. The lowest BCUT2D eigenvalue weighted by Gasteiger charge is -2.30. The predicted octanol–water partition coefficient (Wildman–Crippen LogP) is 5.36. The topological polar surface area (TPSA) is 197 Å². The number of nitrogens with one attached hydrogen (secondary N) is 1. The second kappa shape index (κ2) is 21.8. The van der Waals surface area contributed by atoms with Gasteiger partial charge in [0.05, 0.1) is 42.1 Å². The van der Waals surface area contributed by atoms with Gasteiger partial charge in [0.1, 0.15) is 6.10 Å². The fourth-order valence-electron chi connectivity index (χ4n) is 7.79. The zero-order valence-electron chi connectivity index (χ0n) is 35.8. The number of Topliss-reactive ketones (excluding diaryl/α,β-unsaturated/α-hetero) is 1. The first-order valence-corrected chi connectivity index (χ1v) is 20.7. The van der Waals surface area contributed by atoms with Crippen LogP contribution in [0.1, 0.15) is 71.8 Å². The van der Waals surface area contributed by atoms with Gasteiger partial charge in [-0.3, -0.25) is 19.2 Å². The number of hydrogen-bond donors (Lipinski definition) is 3. The zero-order chi connectivity index (χ0) is 44.2. The number of carbonyl (C=O) groups excluding carboxylic acids is 4. The van der Waals surface area contributed by atoms with Gasteiger partial charge in [0.25, 0.3) is 5.91 Å². The van der Waals surface area contributed by atoms with E-state index in [0.29, 0.717) is 97.5 Å². The van der Waals surface area contributed by atoms with E-state index >= 15 is 0 Å². The first-order valence-electron chi connectivity index (χ1n) is 20.7. The third kappa shape index (κ3) is 12.0. The van der Waals surface area contributed by atoms with Crippen molar-refractivity contribution in [2.75, 3.05) is 45.4 Å². The van der Waals surface area contributed by atoms with E-state index in [-0.39, 0.29) is 34.8 Å². The molecular formula is C47H57N3O11. The lowest BCUT2D eigenvalue weighted by atomic mass is 9.82. The second-order valence-corrected chi connectivity index (χ2v) is 15.8. The highest BCUT2D eigenvalue weighted by Gasteiger charge is 2.33. The Morgan fingerprint density at radius 2 is 1.82 bits per heavy atom. The lowest BCUT2D eigenvalue weighted by Crippen LogP contribution is -2.37. The third-order valence-electron chi connectivity index (χ3n) is 11.2. The predicted molar refractivity (Wildman–Crippen MR) is 230 cm³/mol. The van der Waals surface area contributed by atoms with E-state index < -0.39 is 48.1 Å². The number of nitrogens with two attached hydrogens (primary N) is 1. The van der Waals surface area contributed by atoms with Crippen LogP contribution in [0.2, 0.25) is 0 Å². The summed E-state index contributed by atoms with van der Waals surface area (Å²) in [5.74, 6) is 4.74. The van der Waals surface area contributed by atoms with Crippen molar-refractivity contribution in [1.29, 1.82) is 0 Å². The third-order valence-corrected chi connectivity index (χ3v) is 11.2. The number of unbranched alkanes of at least 4 members (excludes halogenated alkanes) is 2. The second-order valence-electron chi connectivity index (χ2n) is 15.8. The lowest BCUT2D eigenvalue weighted by molar-refractivity contribution is -0.120. The molecule has 4 N–H and O–H groups in total. The van der Waals surface area contributed by atoms with Gasteiger partial charge >= 0.3 is 6.09 Å². The van der Waals surface area contributed by atoms with E-state index in [1.807, 2.05) is 24.8 Å². The number of hydrogen-bond acceptors (Lipinski definition) is 12. The Bertz CT molecular complexity index is 2250. The smallest absolute Gasteiger partial charge is 0.405 e. The van der Waals surface area contributed by atoms with Crippen LogP contribution >= 0.6 is 0 Å². The molecule has 0 spiro atoms. The minimum atomic E-state index is -1.01. The molecule has 1 aromatic carbocycles. The number of ketones is 2. The fraction of sp³-hybridized carbons (Fsp3) is 0.468. The number of primary amides is 1. The first kappa shape index (κ1) is 46.5. The van der Waals surface area contributed by atoms with Crippen molar-refractivity contribution in [3.63, 3.8) is 0 Å². The highest BCUT2D eigenvalue weighted by Crippen LogP contribution is 2.31. The summed E-state index contributed by atoms with van der Waals surface area (Å²) in [7, 11) is 2.93. The molecule has 2 bridgehead atoms. The summed E-state index contributed by atoms with van der Waals surface area (Å²) in [5, 5.41) is 14.6. The molecule has 3 heterocycles. The molecule has 1 aliphatic carbocycles. The van der Waals surface area contributed by atoms with E-state index in [2.05, 4.69) is 17.2 Å². The highest BCUT2D eigenvalue weighted by atomic mass is 16.6. The van der Waals surface area contributed by atoms with Crippen LogP contribution in [0.4, 0.5) is 10.7 Å². The maximum Gasteiger partial charge on any atom is 0.405 e. The Labute approximate surface area is 356 Å². The normalized spacial score (nSPS) is 26.9. The van der Waals surface area contributed by atoms with Gasteiger partial charge in [-0.15, -0.1) is 0 Å². The Morgan fingerprint density at radius 1 is 1.07 bits per heavy atom. The van der Waals surface area contributed by atoms with E-state index in [9.17, 15) is 29.1 Å². The van der Waals surface area contributed by atoms with Crippen LogP contribution in [0.3, 0.4) is 0 Å². The Hall–Kier alpha value is -5.59. The molecular weight excluding hydrogens is 783 g/mol. The summed E-state index contributed by atoms with van der Waals surface area (Å²) in [5.41, 5.74) is 7.68. The largest absolute Gasteiger partial charge is 0.439 e. The number of carbonyl (C=O) groups is 4. The average molecular weight is 840 g/mol. The van der Waals surface area contributed by atoms with E-state index in [0.717, 1.165) is 0 Å². The Kier molecular flexibility index (Phi) is 16.6. The van der Waals surface area contributed by atoms with Gasteiger partial charge in [0.15, 0.2) is 28.8 Å². The molecule has 2 aromatic rings. The number of allylic oxidation sites excluding steroid dienone is 5. The molecule has 0 radical (unpaired) electrons. The van der Waals surface area contributed by atoms with Gasteiger partial charge in [0.2, 0.25) is 5.78 Å². The van der Waals surface area contributed by atoms with Gasteiger partial charge in [-0.2, -0.15) is 0 Å². The van der Waals surface area contributed by atoms with Crippen molar-refractivity contribution in [2.45, 2.75) is 90.6 Å². The van der Waals surface area contributed by atoms with Gasteiger partial charge in [0, 0.05) is 68.5 Å². The number of fused-ring (bicyclic) bond motifs is 3. The molecule has 2 aliphatic heterocycles. The van der Waals surface area contributed by atoms with Gasteiger partial charge in [-0.05, 0) is 69.6 Å². The first-order chi connectivity index (χ1) is 29.2. The van der Waals surface area contributed by atoms with E-state index in [4.69, 9.17) is 29.1 Å². The van der Waals surface area contributed by atoms with Crippen molar-refractivity contribution in [2.24, 2.45) is 17.6 Å². The number of methoxy groups -OCH3 is 2. The number of aliphatic hydroxyl groups is 1. The van der Waals surface area contributed by atoms with Crippen LogP contribution < -0.4 is 21.4 Å². The van der Waals surface area contributed by atoms with Crippen LogP contribution in [0, 0.1) is 23.7 Å². The molecule has 14 nitrogen and oxygen atoms in total. The molecule has 61 heavy (non-hydrogen) atoms. The molecule has 5 rings (SSSR count). The Morgan fingerprint density at radius 3 is 2.52 bits per heavy atom. The number of aliphatic hydroxyl groups excluding tert-OH is 1. The number of anilines is 1. The van der Waals surface area contributed by atoms with Gasteiger partial charge in [-0.1, -0.05) is 56.1 Å². The highest BCUT2D eigenvalue weighted by molar-refractivity contribution is 6.23. The monoisotopic (exact) mass is 839 g/mol. The summed E-state index contributed by atoms with van der Waals surface area (Å²) in [6.07, 6.45) is 5.71. The molecule has 0 saturated carbocycles. The number of benzene rings is 1. The van der Waals surface area contributed by atoms with Crippen LogP contribution in [-0.2, 0) is 33.3 Å². The molecule has 1 saturated heterocycles. The van der Waals surface area contributed by atoms with Gasteiger partial charge < -0.3 is 44.4 Å². The van der Waals surface area contributed by atoms with Crippen LogP contribution in [0.25, 0.3) is 11.0 Å². The minimum absolute atomic E-state index is 0.124. The number of para-hydroxylation sites is 1. The number of rotatable bonds is 8.